The number of rotatable bonds is 9. The molecule has 0 bridgehead atoms. The minimum atomic E-state index is -1.52. The number of benzene rings is 2. The third-order valence-corrected chi connectivity index (χ3v) is 7.08. The van der Waals surface area contributed by atoms with Crippen molar-refractivity contribution in [2.75, 3.05) is 13.2 Å². The molecule has 2 aromatic carbocycles. The van der Waals surface area contributed by atoms with Crippen molar-refractivity contribution in [2.45, 2.75) is 63.6 Å². The summed E-state index contributed by atoms with van der Waals surface area (Å²) in [6.07, 6.45) is 2.54. The van der Waals surface area contributed by atoms with Crippen molar-refractivity contribution in [1.29, 1.82) is 0 Å². The van der Waals surface area contributed by atoms with Gasteiger partial charge < -0.3 is 19.9 Å². The SMILES string of the molecule is C[Si](C)(C)C#Cc1cc(OCC(O)NC2CCC(NC(=O)COc3ccc(Cl)cc3)CC2)ccc1Cl. The van der Waals surface area contributed by atoms with Gasteiger partial charge in [-0.25, -0.2) is 0 Å². The van der Waals surface area contributed by atoms with Crippen LogP contribution in [0.1, 0.15) is 31.2 Å². The lowest BCUT2D eigenvalue weighted by molar-refractivity contribution is -0.124. The molecule has 194 valence electrons. The molecule has 0 saturated heterocycles. The summed E-state index contributed by atoms with van der Waals surface area (Å²) in [6.45, 7) is 6.60. The second kappa shape index (κ2) is 13.4. The summed E-state index contributed by atoms with van der Waals surface area (Å²) in [4.78, 5) is 12.2. The molecule has 2 aromatic rings. The van der Waals surface area contributed by atoms with Gasteiger partial charge in [0.15, 0.2) is 6.61 Å². The van der Waals surface area contributed by atoms with Crippen molar-refractivity contribution >= 4 is 37.2 Å². The summed E-state index contributed by atoms with van der Waals surface area (Å²) in [6, 6.07) is 12.5. The maximum absolute atomic E-state index is 12.2. The van der Waals surface area contributed by atoms with E-state index < -0.39 is 14.3 Å². The van der Waals surface area contributed by atoms with Crippen LogP contribution in [0.15, 0.2) is 42.5 Å². The summed E-state index contributed by atoms with van der Waals surface area (Å²) in [5.74, 6) is 4.24. The number of carbonyl (C=O) groups is 1. The molecular weight excluding hydrogens is 515 g/mol. The molecule has 0 aliphatic heterocycles. The van der Waals surface area contributed by atoms with Gasteiger partial charge in [-0.05, 0) is 68.1 Å². The Morgan fingerprint density at radius 1 is 1.03 bits per heavy atom. The summed E-state index contributed by atoms with van der Waals surface area (Å²) in [5, 5.41) is 17.9. The van der Waals surface area contributed by atoms with Crippen LogP contribution in [0.5, 0.6) is 11.5 Å². The Morgan fingerprint density at radius 3 is 2.33 bits per heavy atom. The van der Waals surface area contributed by atoms with Crippen molar-refractivity contribution < 1.29 is 19.4 Å². The van der Waals surface area contributed by atoms with Crippen LogP contribution in [0, 0.1) is 11.5 Å². The Morgan fingerprint density at radius 2 is 1.67 bits per heavy atom. The smallest absolute Gasteiger partial charge is 0.258 e. The van der Waals surface area contributed by atoms with Gasteiger partial charge in [0, 0.05) is 22.7 Å². The Balaban J connectivity index is 1.36. The van der Waals surface area contributed by atoms with E-state index in [1.54, 1.807) is 36.4 Å². The van der Waals surface area contributed by atoms with Crippen LogP contribution in [-0.4, -0.2) is 50.6 Å². The molecule has 9 heteroatoms. The van der Waals surface area contributed by atoms with E-state index >= 15 is 0 Å². The van der Waals surface area contributed by atoms with Crippen LogP contribution in [0.25, 0.3) is 0 Å². The van der Waals surface area contributed by atoms with Crippen molar-refractivity contribution in [2.24, 2.45) is 0 Å². The lowest BCUT2D eigenvalue weighted by Gasteiger charge is -2.31. The number of ether oxygens (including phenoxy) is 2. The highest BCUT2D eigenvalue weighted by atomic mass is 35.5. The molecule has 0 heterocycles. The second-order valence-corrected chi connectivity index (χ2v) is 15.6. The minimum Gasteiger partial charge on any atom is -0.489 e. The Bertz CT molecular complexity index is 1070. The van der Waals surface area contributed by atoms with Gasteiger partial charge in [0.25, 0.3) is 5.91 Å². The summed E-state index contributed by atoms with van der Waals surface area (Å²) < 4.78 is 11.3. The van der Waals surface area contributed by atoms with Gasteiger partial charge in [-0.1, -0.05) is 48.8 Å². The molecule has 36 heavy (non-hydrogen) atoms. The minimum absolute atomic E-state index is 0.0357. The molecule has 1 atom stereocenters. The summed E-state index contributed by atoms with van der Waals surface area (Å²) >= 11 is 12.1. The Kier molecular flexibility index (Phi) is 10.5. The molecule has 0 aromatic heterocycles. The molecule has 1 fully saturated rings. The van der Waals surface area contributed by atoms with E-state index in [9.17, 15) is 9.90 Å². The number of nitrogens with one attached hydrogen (secondary N) is 2. The average Bonchev–Trinajstić information content (AvgIpc) is 2.83. The van der Waals surface area contributed by atoms with E-state index in [2.05, 4.69) is 41.7 Å². The fourth-order valence-electron chi connectivity index (χ4n) is 3.79. The maximum atomic E-state index is 12.2. The third-order valence-electron chi connectivity index (χ3n) is 5.62. The highest BCUT2D eigenvalue weighted by Crippen LogP contribution is 2.23. The van der Waals surface area contributed by atoms with E-state index in [4.69, 9.17) is 32.7 Å². The van der Waals surface area contributed by atoms with Gasteiger partial charge in [0.1, 0.15) is 32.4 Å². The normalized spacial score (nSPS) is 18.5. The Labute approximate surface area is 224 Å². The number of hydrogen-bond donors (Lipinski definition) is 3. The molecule has 1 aliphatic rings. The molecule has 3 N–H and O–H groups in total. The first-order valence-corrected chi connectivity index (χ1v) is 16.4. The molecule has 3 rings (SSSR count). The molecule has 0 radical (unpaired) electrons. The zero-order chi connectivity index (χ0) is 26.1. The second-order valence-electron chi connectivity index (χ2n) is 9.99. The van der Waals surface area contributed by atoms with E-state index in [0.717, 1.165) is 31.2 Å². The van der Waals surface area contributed by atoms with Crippen LogP contribution in [0.4, 0.5) is 0 Å². The van der Waals surface area contributed by atoms with Gasteiger partial charge >= 0.3 is 0 Å². The Hall–Kier alpha value is -2.21. The van der Waals surface area contributed by atoms with Gasteiger partial charge in [-0.2, -0.15) is 0 Å². The number of halogens is 2. The monoisotopic (exact) mass is 548 g/mol. The van der Waals surface area contributed by atoms with Gasteiger partial charge in [0.2, 0.25) is 0 Å². The van der Waals surface area contributed by atoms with Crippen molar-refractivity contribution in [3.05, 3.63) is 58.1 Å². The van der Waals surface area contributed by atoms with Gasteiger partial charge in [0.05, 0.1) is 5.02 Å². The van der Waals surface area contributed by atoms with E-state index in [1.165, 1.54) is 0 Å². The average molecular weight is 550 g/mol. The lowest BCUT2D eigenvalue weighted by atomic mass is 9.91. The first-order chi connectivity index (χ1) is 17.1. The van der Waals surface area contributed by atoms with Crippen LogP contribution in [0.3, 0.4) is 0 Å². The van der Waals surface area contributed by atoms with Gasteiger partial charge in [-0.15, -0.1) is 5.54 Å². The predicted octanol–water partition coefficient (Wildman–Crippen LogP) is 5.02. The standard InChI is InChI=1S/C27H34Cl2N2O4Si/c1-36(2,3)15-14-19-16-24(12-13-25(19)29)35-18-27(33)31-22-8-6-21(7-9-22)30-26(32)17-34-23-10-4-20(28)5-11-23/h4-5,10-13,16,21-22,27,31,33H,6-9,17-18H2,1-3H3,(H,30,32). The quantitative estimate of drug-likeness (QED) is 0.233. The highest BCUT2D eigenvalue weighted by molar-refractivity contribution is 6.83. The van der Waals surface area contributed by atoms with Crippen molar-refractivity contribution in [3.63, 3.8) is 0 Å². The van der Waals surface area contributed by atoms with Crippen molar-refractivity contribution in [3.8, 4) is 23.0 Å². The molecule has 1 aliphatic carbocycles. The maximum Gasteiger partial charge on any atom is 0.258 e. The van der Waals surface area contributed by atoms with Crippen molar-refractivity contribution in [1.82, 2.24) is 10.6 Å². The number of carbonyl (C=O) groups excluding carboxylic acids is 1. The largest absolute Gasteiger partial charge is 0.489 e. The third kappa shape index (κ3) is 10.0. The number of aliphatic hydroxyl groups excluding tert-OH is 1. The fraction of sp³-hybridized carbons (Fsp3) is 0.444. The molecule has 1 unspecified atom stereocenters. The summed E-state index contributed by atoms with van der Waals surface area (Å²) in [7, 11) is -1.52. The van der Waals surface area contributed by atoms with Crippen LogP contribution < -0.4 is 20.1 Å². The molecule has 1 amide bonds. The molecule has 1 saturated carbocycles. The summed E-state index contributed by atoms with van der Waals surface area (Å²) in [5.41, 5.74) is 4.04. The van der Waals surface area contributed by atoms with Gasteiger partial charge in [-0.3, -0.25) is 10.1 Å². The van der Waals surface area contributed by atoms with Crippen LogP contribution in [-0.2, 0) is 4.79 Å². The zero-order valence-electron chi connectivity index (χ0n) is 20.9. The molecule has 0 spiro atoms. The fourth-order valence-corrected chi connectivity index (χ4v) is 4.59. The first-order valence-electron chi connectivity index (χ1n) is 12.1. The predicted molar refractivity (Wildman–Crippen MR) is 147 cm³/mol. The molecule has 6 nitrogen and oxygen atoms in total. The van der Waals surface area contributed by atoms with E-state index in [-0.39, 0.29) is 31.2 Å². The number of amides is 1. The van der Waals surface area contributed by atoms with Crippen LogP contribution >= 0.6 is 23.2 Å². The first kappa shape index (κ1) is 28.4. The number of hydrogen-bond acceptors (Lipinski definition) is 5. The van der Waals surface area contributed by atoms with E-state index in [0.29, 0.717) is 21.5 Å². The lowest BCUT2D eigenvalue weighted by Crippen LogP contribution is -2.47. The highest BCUT2D eigenvalue weighted by Gasteiger charge is 2.24. The van der Waals surface area contributed by atoms with Crippen LogP contribution in [0.2, 0.25) is 29.7 Å². The van der Waals surface area contributed by atoms with E-state index in [1.807, 2.05) is 6.07 Å². The number of aliphatic hydroxyl groups is 1. The zero-order valence-corrected chi connectivity index (χ0v) is 23.5. The topological polar surface area (TPSA) is 79.8 Å². The molecular formula is C27H34Cl2N2O4Si.